The van der Waals surface area contributed by atoms with Crippen molar-refractivity contribution in [3.05, 3.63) is 58.5 Å². The maximum atomic E-state index is 8.75. The van der Waals surface area contributed by atoms with Crippen LogP contribution in [0.15, 0.2) is 34.7 Å². The fourth-order valence-electron chi connectivity index (χ4n) is 2.16. The highest BCUT2D eigenvalue weighted by molar-refractivity contribution is 5.31. The Hall–Kier alpha value is -2.05. The molecule has 98 valence electrons. The Balaban J connectivity index is 1.98. The van der Waals surface area contributed by atoms with Gasteiger partial charge in [-0.25, -0.2) is 0 Å². The van der Waals surface area contributed by atoms with Gasteiger partial charge in [0.15, 0.2) is 0 Å². The molecule has 3 nitrogen and oxygen atoms in total. The van der Waals surface area contributed by atoms with Gasteiger partial charge in [0, 0.05) is 18.2 Å². The number of rotatable bonds is 4. The highest BCUT2D eigenvalue weighted by Crippen LogP contribution is 2.21. The molecule has 1 aromatic carbocycles. The van der Waals surface area contributed by atoms with Crippen LogP contribution in [0.25, 0.3) is 0 Å². The van der Waals surface area contributed by atoms with Gasteiger partial charge in [0.05, 0.1) is 11.6 Å². The van der Waals surface area contributed by atoms with Crippen LogP contribution in [0, 0.1) is 25.2 Å². The quantitative estimate of drug-likeness (QED) is 0.906. The van der Waals surface area contributed by atoms with E-state index in [1.54, 1.807) is 0 Å². The van der Waals surface area contributed by atoms with Crippen LogP contribution in [0.3, 0.4) is 0 Å². The summed E-state index contributed by atoms with van der Waals surface area (Å²) in [6.07, 6.45) is 0. The van der Waals surface area contributed by atoms with E-state index >= 15 is 0 Å². The second-order valence-corrected chi connectivity index (χ2v) is 4.78. The molecule has 0 aliphatic carbocycles. The van der Waals surface area contributed by atoms with Crippen LogP contribution in [-0.2, 0) is 6.54 Å². The molecule has 1 atom stereocenters. The molecular weight excluding hydrogens is 236 g/mol. The van der Waals surface area contributed by atoms with Crippen LogP contribution in [0.5, 0.6) is 0 Å². The first-order valence-corrected chi connectivity index (χ1v) is 6.39. The summed E-state index contributed by atoms with van der Waals surface area (Å²) in [4.78, 5) is 0. The second-order valence-electron chi connectivity index (χ2n) is 4.78. The van der Waals surface area contributed by atoms with Crippen molar-refractivity contribution in [2.75, 3.05) is 0 Å². The molecule has 0 saturated carbocycles. The van der Waals surface area contributed by atoms with E-state index in [2.05, 4.69) is 24.4 Å². The van der Waals surface area contributed by atoms with Crippen molar-refractivity contribution in [3.63, 3.8) is 0 Å². The van der Waals surface area contributed by atoms with Crippen LogP contribution in [0.1, 0.15) is 41.2 Å². The molecule has 0 bridgehead atoms. The lowest BCUT2D eigenvalue weighted by Crippen LogP contribution is -2.18. The third-order valence-electron chi connectivity index (χ3n) is 3.24. The Morgan fingerprint density at radius 1 is 1.26 bits per heavy atom. The van der Waals surface area contributed by atoms with E-state index in [0.717, 1.165) is 18.1 Å². The number of nitrogens with one attached hydrogen (secondary N) is 1. The van der Waals surface area contributed by atoms with Crippen LogP contribution in [0.4, 0.5) is 0 Å². The summed E-state index contributed by atoms with van der Waals surface area (Å²) in [6, 6.07) is 12.1. The molecule has 2 rings (SSSR count). The zero-order valence-corrected chi connectivity index (χ0v) is 11.5. The molecule has 1 unspecified atom stereocenters. The van der Waals surface area contributed by atoms with Gasteiger partial charge in [0.25, 0.3) is 0 Å². The van der Waals surface area contributed by atoms with Gasteiger partial charge in [-0.05, 0) is 44.5 Å². The van der Waals surface area contributed by atoms with Gasteiger partial charge < -0.3 is 9.73 Å². The van der Waals surface area contributed by atoms with Gasteiger partial charge in [-0.1, -0.05) is 12.1 Å². The monoisotopic (exact) mass is 254 g/mol. The Morgan fingerprint density at radius 2 is 1.95 bits per heavy atom. The smallest absolute Gasteiger partial charge is 0.105 e. The second kappa shape index (κ2) is 5.73. The summed E-state index contributed by atoms with van der Waals surface area (Å²) in [5.74, 6) is 1.91. The third-order valence-corrected chi connectivity index (χ3v) is 3.24. The molecule has 1 aromatic heterocycles. The summed E-state index contributed by atoms with van der Waals surface area (Å²) >= 11 is 0. The topological polar surface area (TPSA) is 49.0 Å². The van der Waals surface area contributed by atoms with Gasteiger partial charge in [-0.15, -0.1) is 0 Å². The van der Waals surface area contributed by atoms with Crippen molar-refractivity contribution in [3.8, 4) is 6.07 Å². The molecule has 1 heterocycles. The average molecular weight is 254 g/mol. The molecule has 2 aromatic rings. The maximum absolute atomic E-state index is 8.75. The number of furan rings is 1. The van der Waals surface area contributed by atoms with Crippen LogP contribution < -0.4 is 5.32 Å². The molecular formula is C16H18N2O. The minimum atomic E-state index is 0.244. The first-order chi connectivity index (χ1) is 9.10. The standard InChI is InChI=1S/C16H18N2O/c1-11-8-16(13(3)19-11)12(2)18-10-15-6-4-14(9-17)5-7-15/h4-8,12,18H,10H2,1-3H3. The van der Waals surface area contributed by atoms with Gasteiger partial charge in [0.2, 0.25) is 0 Å². The van der Waals surface area contributed by atoms with E-state index < -0.39 is 0 Å². The molecule has 0 saturated heterocycles. The summed E-state index contributed by atoms with van der Waals surface area (Å²) in [6.45, 7) is 6.85. The lowest BCUT2D eigenvalue weighted by molar-refractivity contribution is 0.489. The summed E-state index contributed by atoms with van der Waals surface area (Å²) in [7, 11) is 0. The molecule has 19 heavy (non-hydrogen) atoms. The van der Waals surface area contributed by atoms with Crippen molar-refractivity contribution in [1.82, 2.24) is 5.32 Å². The summed E-state index contributed by atoms with van der Waals surface area (Å²) in [5.41, 5.74) is 3.06. The number of hydrogen-bond acceptors (Lipinski definition) is 3. The van der Waals surface area contributed by atoms with E-state index in [-0.39, 0.29) is 6.04 Å². The molecule has 0 aliphatic heterocycles. The average Bonchev–Trinajstić information content (AvgIpc) is 2.75. The molecule has 0 amide bonds. The lowest BCUT2D eigenvalue weighted by atomic mass is 10.1. The normalized spacial score (nSPS) is 12.1. The van der Waals surface area contributed by atoms with Crippen molar-refractivity contribution in [2.24, 2.45) is 0 Å². The molecule has 0 radical (unpaired) electrons. The minimum Gasteiger partial charge on any atom is -0.466 e. The Labute approximate surface area is 113 Å². The van der Waals surface area contributed by atoms with E-state index in [1.807, 2.05) is 38.1 Å². The zero-order valence-electron chi connectivity index (χ0n) is 11.5. The van der Waals surface area contributed by atoms with Crippen LogP contribution in [-0.4, -0.2) is 0 Å². The zero-order chi connectivity index (χ0) is 13.8. The van der Waals surface area contributed by atoms with Gasteiger partial charge in [-0.3, -0.25) is 0 Å². The molecule has 0 aliphatic rings. The highest BCUT2D eigenvalue weighted by Gasteiger charge is 2.11. The Bertz CT molecular complexity index is 590. The van der Waals surface area contributed by atoms with Crippen molar-refractivity contribution >= 4 is 0 Å². The summed E-state index contributed by atoms with van der Waals surface area (Å²) in [5, 5.41) is 12.2. The number of nitrogens with zero attached hydrogens (tertiary/aromatic N) is 1. The van der Waals surface area contributed by atoms with Gasteiger partial charge in [-0.2, -0.15) is 5.26 Å². The molecule has 0 spiro atoms. The largest absolute Gasteiger partial charge is 0.466 e. The van der Waals surface area contributed by atoms with Gasteiger partial charge >= 0.3 is 0 Å². The molecule has 0 fully saturated rings. The molecule has 3 heteroatoms. The third kappa shape index (κ3) is 3.24. The van der Waals surface area contributed by atoms with Gasteiger partial charge in [0.1, 0.15) is 11.5 Å². The van der Waals surface area contributed by atoms with Crippen LogP contribution in [0.2, 0.25) is 0 Å². The van der Waals surface area contributed by atoms with Crippen molar-refractivity contribution < 1.29 is 4.42 Å². The summed E-state index contributed by atoms with van der Waals surface area (Å²) < 4.78 is 5.54. The SMILES string of the molecule is Cc1cc(C(C)NCc2ccc(C#N)cc2)c(C)o1. The van der Waals surface area contributed by atoms with E-state index in [1.165, 1.54) is 11.1 Å². The predicted octanol–water partition coefficient (Wildman–Crippen LogP) is 3.62. The van der Waals surface area contributed by atoms with E-state index in [4.69, 9.17) is 9.68 Å². The fourth-order valence-corrected chi connectivity index (χ4v) is 2.16. The minimum absolute atomic E-state index is 0.244. The van der Waals surface area contributed by atoms with E-state index in [0.29, 0.717) is 5.56 Å². The molecule has 1 N–H and O–H groups in total. The van der Waals surface area contributed by atoms with Crippen LogP contribution >= 0.6 is 0 Å². The predicted molar refractivity (Wildman–Crippen MR) is 74.6 cm³/mol. The first kappa shape index (κ1) is 13.4. The van der Waals surface area contributed by atoms with E-state index in [9.17, 15) is 0 Å². The Morgan fingerprint density at radius 3 is 2.47 bits per heavy atom. The Kier molecular flexibility index (Phi) is 4.03. The highest BCUT2D eigenvalue weighted by atomic mass is 16.3. The fraction of sp³-hybridized carbons (Fsp3) is 0.312. The number of nitriles is 1. The lowest BCUT2D eigenvalue weighted by Gasteiger charge is -2.13. The number of aryl methyl sites for hydroxylation is 2. The van der Waals surface area contributed by atoms with Crippen molar-refractivity contribution in [2.45, 2.75) is 33.4 Å². The number of hydrogen-bond donors (Lipinski definition) is 1. The first-order valence-electron chi connectivity index (χ1n) is 6.39. The maximum Gasteiger partial charge on any atom is 0.105 e. The number of benzene rings is 1. The van der Waals surface area contributed by atoms with Crippen molar-refractivity contribution in [1.29, 1.82) is 5.26 Å².